The van der Waals surface area contributed by atoms with Crippen LogP contribution >= 0.6 is 0 Å². The second-order valence-corrected chi connectivity index (χ2v) is 4.75. The van der Waals surface area contributed by atoms with Crippen molar-refractivity contribution in [3.05, 3.63) is 30.5 Å². The van der Waals surface area contributed by atoms with Gasteiger partial charge in [-0.15, -0.1) is 0 Å². The molecule has 2 N–H and O–H groups in total. The zero-order valence-electron chi connectivity index (χ0n) is 10.5. The van der Waals surface area contributed by atoms with Crippen molar-refractivity contribution in [2.75, 3.05) is 38.6 Å². The normalized spacial score (nSPS) is 17.3. The average Bonchev–Trinajstić information content (AvgIpc) is 2.82. The van der Waals surface area contributed by atoms with Crippen molar-refractivity contribution >= 4 is 16.6 Å². The van der Waals surface area contributed by atoms with E-state index in [1.807, 2.05) is 12.1 Å². The molecule has 0 radical (unpaired) electrons. The van der Waals surface area contributed by atoms with Gasteiger partial charge in [0.25, 0.3) is 0 Å². The van der Waals surface area contributed by atoms with Gasteiger partial charge in [-0.25, -0.2) is 0 Å². The number of fused-ring (bicyclic) bond motifs is 1. The highest BCUT2D eigenvalue weighted by atomic mass is 16.5. The van der Waals surface area contributed by atoms with Crippen LogP contribution in [-0.2, 0) is 11.3 Å². The number of morpholine rings is 1. The first-order valence-corrected chi connectivity index (χ1v) is 6.48. The number of rotatable bonds is 3. The average molecular weight is 245 g/mol. The Kier molecular flexibility index (Phi) is 3.21. The highest BCUT2D eigenvalue weighted by Gasteiger charge is 2.11. The highest BCUT2D eigenvalue weighted by molar-refractivity contribution is 5.90. The van der Waals surface area contributed by atoms with Crippen LogP contribution in [-0.4, -0.2) is 42.3 Å². The predicted molar refractivity (Wildman–Crippen MR) is 73.6 cm³/mol. The maximum atomic E-state index is 6.06. The van der Waals surface area contributed by atoms with Crippen LogP contribution in [0.15, 0.2) is 30.5 Å². The molecule has 0 spiro atoms. The molecule has 4 heteroatoms. The molecular formula is C14H19N3O. The van der Waals surface area contributed by atoms with E-state index in [1.54, 1.807) is 0 Å². The maximum absolute atomic E-state index is 6.06. The highest BCUT2D eigenvalue weighted by Crippen LogP contribution is 2.21. The number of para-hydroxylation sites is 1. The molecule has 1 aliphatic heterocycles. The summed E-state index contributed by atoms with van der Waals surface area (Å²) in [5.41, 5.74) is 8.07. The summed E-state index contributed by atoms with van der Waals surface area (Å²) in [4.78, 5) is 2.44. The van der Waals surface area contributed by atoms with Gasteiger partial charge >= 0.3 is 0 Å². The van der Waals surface area contributed by atoms with Crippen molar-refractivity contribution in [3.63, 3.8) is 0 Å². The van der Waals surface area contributed by atoms with Gasteiger partial charge in [0.05, 0.1) is 24.4 Å². The first-order chi connectivity index (χ1) is 8.84. The summed E-state index contributed by atoms with van der Waals surface area (Å²) >= 11 is 0. The van der Waals surface area contributed by atoms with Crippen LogP contribution in [0.1, 0.15) is 0 Å². The van der Waals surface area contributed by atoms with E-state index in [4.69, 9.17) is 10.5 Å². The molecule has 2 aromatic rings. The van der Waals surface area contributed by atoms with Crippen molar-refractivity contribution in [2.45, 2.75) is 6.54 Å². The molecule has 18 heavy (non-hydrogen) atoms. The molecule has 2 heterocycles. The number of nitrogen functional groups attached to an aromatic ring is 1. The van der Waals surface area contributed by atoms with E-state index in [0.29, 0.717) is 0 Å². The maximum Gasteiger partial charge on any atom is 0.0714 e. The molecule has 0 bridgehead atoms. The third kappa shape index (κ3) is 2.21. The predicted octanol–water partition coefficient (Wildman–Crippen LogP) is 1.56. The fourth-order valence-corrected chi connectivity index (χ4v) is 2.55. The quantitative estimate of drug-likeness (QED) is 0.834. The van der Waals surface area contributed by atoms with Gasteiger partial charge in [-0.2, -0.15) is 0 Å². The Morgan fingerprint density at radius 1 is 1.11 bits per heavy atom. The molecule has 1 aromatic carbocycles. The number of benzene rings is 1. The minimum Gasteiger partial charge on any atom is -0.397 e. The molecule has 0 amide bonds. The lowest BCUT2D eigenvalue weighted by atomic mass is 10.2. The van der Waals surface area contributed by atoms with Crippen LogP contribution in [0, 0.1) is 0 Å². The van der Waals surface area contributed by atoms with Crippen LogP contribution in [0.25, 0.3) is 10.9 Å². The van der Waals surface area contributed by atoms with E-state index in [0.717, 1.165) is 50.6 Å². The topological polar surface area (TPSA) is 43.4 Å². The zero-order valence-corrected chi connectivity index (χ0v) is 10.5. The summed E-state index contributed by atoms with van der Waals surface area (Å²) < 4.78 is 7.61. The second kappa shape index (κ2) is 5.00. The molecule has 96 valence electrons. The van der Waals surface area contributed by atoms with E-state index in [9.17, 15) is 0 Å². The Labute approximate surface area is 107 Å². The minimum absolute atomic E-state index is 0.856. The van der Waals surface area contributed by atoms with Crippen molar-refractivity contribution in [1.82, 2.24) is 9.47 Å². The Hall–Kier alpha value is -1.52. The van der Waals surface area contributed by atoms with E-state index in [2.05, 4.69) is 27.8 Å². The van der Waals surface area contributed by atoms with Gasteiger partial charge in [0, 0.05) is 37.8 Å². The standard InChI is InChI=1S/C14H19N3O/c15-13-3-1-2-12-4-5-17(14(12)13)7-6-16-8-10-18-11-9-16/h1-5H,6-11,15H2. The molecule has 0 aliphatic carbocycles. The van der Waals surface area contributed by atoms with Gasteiger partial charge in [-0.3, -0.25) is 4.90 Å². The summed E-state index contributed by atoms with van der Waals surface area (Å²) in [5, 5.41) is 1.22. The van der Waals surface area contributed by atoms with Crippen LogP contribution in [0.2, 0.25) is 0 Å². The van der Waals surface area contributed by atoms with Crippen LogP contribution in [0.5, 0.6) is 0 Å². The van der Waals surface area contributed by atoms with Crippen LogP contribution < -0.4 is 5.73 Å². The van der Waals surface area contributed by atoms with Gasteiger partial charge < -0.3 is 15.0 Å². The van der Waals surface area contributed by atoms with E-state index in [1.165, 1.54) is 5.39 Å². The fourth-order valence-electron chi connectivity index (χ4n) is 2.55. The van der Waals surface area contributed by atoms with Crippen molar-refractivity contribution < 1.29 is 4.74 Å². The molecule has 3 rings (SSSR count). The summed E-state index contributed by atoms with van der Waals surface area (Å²) in [6, 6.07) is 8.21. The van der Waals surface area contributed by atoms with E-state index < -0.39 is 0 Å². The molecule has 1 aliphatic rings. The van der Waals surface area contributed by atoms with Crippen molar-refractivity contribution in [1.29, 1.82) is 0 Å². The summed E-state index contributed by atoms with van der Waals surface area (Å²) in [6.07, 6.45) is 2.13. The summed E-state index contributed by atoms with van der Waals surface area (Å²) in [5.74, 6) is 0. The number of aromatic nitrogens is 1. The number of nitrogens with zero attached hydrogens (tertiary/aromatic N) is 2. The largest absolute Gasteiger partial charge is 0.397 e. The number of nitrogens with two attached hydrogens (primary N) is 1. The Bertz CT molecular complexity index is 529. The van der Waals surface area contributed by atoms with Crippen molar-refractivity contribution in [3.8, 4) is 0 Å². The van der Waals surface area contributed by atoms with Gasteiger partial charge in [0.2, 0.25) is 0 Å². The lowest BCUT2D eigenvalue weighted by Crippen LogP contribution is -2.38. The monoisotopic (exact) mass is 245 g/mol. The molecule has 4 nitrogen and oxygen atoms in total. The molecular weight excluding hydrogens is 226 g/mol. The van der Waals surface area contributed by atoms with E-state index >= 15 is 0 Å². The number of hydrogen-bond donors (Lipinski definition) is 1. The van der Waals surface area contributed by atoms with Crippen molar-refractivity contribution in [2.24, 2.45) is 0 Å². The fraction of sp³-hybridized carbons (Fsp3) is 0.429. The molecule has 1 aromatic heterocycles. The second-order valence-electron chi connectivity index (χ2n) is 4.75. The zero-order chi connectivity index (χ0) is 12.4. The molecule has 0 atom stereocenters. The lowest BCUT2D eigenvalue weighted by molar-refractivity contribution is 0.0365. The smallest absolute Gasteiger partial charge is 0.0714 e. The van der Waals surface area contributed by atoms with Gasteiger partial charge in [0.15, 0.2) is 0 Å². The van der Waals surface area contributed by atoms with Gasteiger partial charge in [-0.05, 0) is 12.1 Å². The number of anilines is 1. The minimum atomic E-state index is 0.856. The number of hydrogen-bond acceptors (Lipinski definition) is 3. The Morgan fingerprint density at radius 3 is 2.78 bits per heavy atom. The molecule has 0 saturated carbocycles. The first-order valence-electron chi connectivity index (χ1n) is 6.48. The molecule has 1 fully saturated rings. The third-order valence-electron chi connectivity index (χ3n) is 3.58. The summed E-state index contributed by atoms with van der Waals surface area (Å²) in [7, 11) is 0. The first kappa shape index (κ1) is 11.6. The van der Waals surface area contributed by atoms with E-state index in [-0.39, 0.29) is 0 Å². The lowest BCUT2D eigenvalue weighted by Gasteiger charge is -2.26. The molecule has 1 saturated heterocycles. The number of ether oxygens (including phenoxy) is 1. The Morgan fingerprint density at radius 2 is 1.94 bits per heavy atom. The third-order valence-corrected chi connectivity index (χ3v) is 3.58. The van der Waals surface area contributed by atoms with Crippen LogP contribution in [0.4, 0.5) is 5.69 Å². The van der Waals surface area contributed by atoms with Crippen LogP contribution in [0.3, 0.4) is 0 Å². The Balaban J connectivity index is 1.74. The molecule has 0 unspecified atom stereocenters. The summed E-state index contributed by atoms with van der Waals surface area (Å²) in [6.45, 7) is 5.83. The van der Waals surface area contributed by atoms with Gasteiger partial charge in [0.1, 0.15) is 0 Å². The SMILES string of the molecule is Nc1cccc2ccn(CCN3CCOCC3)c12. The van der Waals surface area contributed by atoms with Gasteiger partial charge in [-0.1, -0.05) is 12.1 Å².